The number of phosphoric acid groups is 2. The van der Waals surface area contributed by atoms with Gasteiger partial charge in [0.05, 0.1) is 26.4 Å². The van der Waals surface area contributed by atoms with Crippen molar-refractivity contribution in [1.29, 1.82) is 0 Å². The fraction of sp³-hybridized carbons (Fsp3) is 0.943. The molecule has 6 atom stereocenters. The van der Waals surface area contributed by atoms with E-state index in [2.05, 4.69) is 48.5 Å². The molecule has 0 fully saturated rings. The molecule has 0 aromatic carbocycles. The molecule has 0 saturated carbocycles. The molecule has 528 valence electrons. The standard InChI is InChI=1S/C70H136O17P2/c1-8-10-11-12-13-22-29-37-44-51-67(72)80-58-66(87-70(75)54-47-40-33-32-36-43-50-63(7)9-2)60-85-89(78,79)83-56-64(71)55-82-88(76,77)84-59-65(57-81-68(73)52-45-38-30-25-21-20-24-28-35-42-49-62(5)6)86-69(74)53-46-39-31-26-19-17-15-14-16-18-23-27-34-41-48-61(3)4/h61-66,71H,8-60H2,1-7H3,(H,76,77)(H,78,79)/t63?,64-,65-,66-/m1/s1. The molecular formula is C70H136O17P2. The van der Waals surface area contributed by atoms with Crippen molar-refractivity contribution in [1.82, 2.24) is 0 Å². The summed E-state index contributed by atoms with van der Waals surface area (Å²) in [6.45, 7) is 11.8. The van der Waals surface area contributed by atoms with Gasteiger partial charge in [0.2, 0.25) is 0 Å². The van der Waals surface area contributed by atoms with Gasteiger partial charge < -0.3 is 33.8 Å². The Morgan fingerprint density at radius 1 is 0.326 bits per heavy atom. The molecule has 3 N–H and O–H groups in total. The molecule has 0 heterocycles. The number of aliphatic hydroxyl groups excluding tert-OH is 1. The molecular weight excluding hydrogens is 1170 g/mol. The first-order chi connectivity index (χ1) is 42.8. The van der Waals surface area contributed by atoms with Crippen molar-refractivity contribution in [3.05, 3.63) is 0 Å². The van der Waals surface area contributed by atoms with Gasteiger partial charge in [-0.2, -0.15) is 0 Å². The summed E-state index contributed by atoms with van der Waals surface area (Å²) in [5.41, 5.74) is 0. The smallest absolute Gasteiger partial charge is 0.462 e. The number of ether oxygens (including phenoxy) is 4. The Bertz CT molecular complexity index is 1750. The van der Waals surface area contributed by atoms with Crippen LogP contribution in [0.1, 0.15) is 350 Å². The highest BCUT2D eigenvalue weighted by molar-refractivity contribution is 7.47. The largest absolute Gasteiger partial charge is 0.472 e. The van der Waals surface area contributed by atoms with E-state index in [0.29, 0.717) is 25.7 Å². The Morgan fingerprint density at radius 3 is 0.854 bits per heavy atom. The summed E-state index contributed by atoms with van der Waals surface area (Å²) in [7, 11) is -9.90. The molecule has 0 saturated heterocycles. The van der Waals surface area contributed by atoms with Crippen molar-refractivity contribution < 1.29 is 80.2 Å². The second-order valence-electron chi connectivity index (χ2n) is 26.5. The van der Waals surface area contributed by atoms with Crippen molar-refractivity contribution in [2.24, 2.45) is 17.8 Å². The van der Waals surface area contributed by atoms with Crippen LogP contribution in [0.15, 0.2) is 0 Å². The van der Waals surface area contributed by atoms with Gasteiger partial charge in [0.15, 0.2) is 12.2 Å². The second-order valence-corrected chi connectivity index (χ2v) is 29.4. The third-order valence-corrected chi connectivity index (χ3v) is 18.4. The Morgan fingerprint density at radius 2 is 0.573 bits per heavy atom. The van der Waals surface area contributed by atoms with E-state index in [1.54, 1.807) is 0 Å². The van der Waals surface area contributed by atoms with Gasteiger partial charge in [-0.05, 0) is 43.4 Å². The Labute approximate surface area is 543 Å². The maximum atomic E-state index is 13.0. The third kappa shape index (κ3) is 63.2. The zero-order chi connectivity index (χ0) is 65.9. The predicted octanol–water partition coefficient (Wildman–Crippen LogP) is 19.8. The fourth-order valence-corrected chi connectivity index (χ4v) is 12.1. The first-order valence-electron chi connectivity index (χ1n) is 36.4. The van der Waals surface area contributed by atoms with E-state index in [4.69, 9.17) is 37.0 Å². The van der Waals surface area contributed by atoms with Crippen LogP contribution in [0, 0.1) is 17.8 Å². The van der Waals surface area contributed by atoms with Crippen LogP contribution in [0.5, 0.6) is 0 Å². The normalized spacial score (nSPS) is 14.5. The lowest BCUT2D eigenvalue weighted by Gasteiger charge is -2.21. The minimum Gasteiger partial charge on any atom is -0.462 e. The van der Waals surface area contributed by atoms with Crippen LogP contribution in [-0.2, 0) is 65.4 Å². The van der Waals surface area contributed by atoms with Crippen molar-refractivity contribution in [2.45, 2.75) is 369 Å². The predicted molar refractivity (Wildman–Crippen MR) is 358 cm³/mol. The molecule has 19 heteroatoms. The molecule has 0 aliphatic heterocycles. The highest BCUT2D eigenvalue weighted by Crippen LogP contribution is 2.45. The van der Waals surface area contributed by atoms with Gasteiger partial charge in [0.1, 0.15) is 19.3 Å². The zero-order valence-corrected chi connectivity index (χ0v) is 59.7. The van der Waals surface area contributed by atoms with E-state index in [1.807, 2.05) is 0 Å². The number of carbonyl (C=O) groups excluding carboxylic acids is 4. The monoisotopic (exact) mass is 1310 g/mol. The lowest BCUT2D eigenvalue weighted by atomic mass is 10.00. The molecule has 0 aliphatic carbocycles. The van der Waals surface area contributed by atoms with Gasteiger partial charge in [-0.3, -0.25) is 37.3 Å². The SMILES string of the molecule is CCCCCCCCCCCC(=O)OC[C@H](COP(=O)(O)OC[C@H](O)COP(=O)(O)OC[C@@H](COC(=O)CCCCCCCCCCCCC(C)C)OC(=O)CCCCCCCCCCCCCCCCC(C)C)OC(=O)CCCCCCCCC(C)CC. The van der Waals surface area contributed by atoms with E-state index >= 15 is 0 Å². The molecule has 0 radical (unpaired) electrons. The van der Waals surface area contributed by atoms with Crippen LogP contribution in [0.25, 0.3) is 0 Å². The lowest BCUT2D eigenvalue weighted by Crippen LogP contribution is -2.30. The van der Waals surface area contributed by atoms with E-state index in [0.717, 1.165) is 108 Å². The molecule has 0 bridgehead atoms. The molecule has 17 nitrogen and oxygen atoms in total. The van der Waals surface area contributed by atoms with E-state index in [1.165, 1.54) is 161 Å². The minimum atomic E-state index is -4.95. The Balaban J connectivity index is 5.23. The number of phosphoric ester groups is 2. The van der Waals surface area contributed by atoms with E-state index in [-0.39, 0.29) is 25.7 Å². The van der Waals surface area contributed by atoms with Gasteiger partial charge in [0, 0.05) is 25.7 Å². The highest BCUT2D eigenvalue weighted by Gasteiger charge is 2.30. The molecule has 0 amide bonds. The first kappa shape index (κ1) is 87.1. The summed E-state index contributed by atoms with van der Waals surface area (Å²) in [4.78, 5) is 72.5. The fourth-order valence-electron chi connectivity index (χ4n) is 10.5. The van der Waals surface area contributed by atoms with Crippen LogP contribution < -0.4 is 0 Å². The van der Waals surface area contributed by atoms with Crippen LogP contribution in [0.2, 0.25) is 0 Å². The summed E-state index contributed by atoms with van der Waals surface area (Å²) in [5.74, 6) is 0.144. The van der Waals surface area contributed by atoms with Gasteiger partial charge in [-0.1, -0.05) is 299 Å². The molecule has 0 rings (SSSR count). The average Bonchev–Trinajstić information content (AvgIpc) is 3.71. The Hall–Kier alpha value is -1.94. The second kappa shape index (κ2) is 61.0. The van der Waals surface area contributed by atoms with Gasteiger partial charge >= 0.3 is 39.5 Å². The number of esters is 4. The van der Waals surface area contributed by atoms with Gasteiger partial charge in [0.25, 0.3) is 0 Å². The third-order valence-electron chi connectivity index (χ3n) is 16.5. The molecule has 3 unspecified atom stereocenters. The topological polar surface area (TPSA) is 237 Å². The number of rotatable bonds is 68. The van der Waals surface area contributed by atoms with E-state index < -0.39 is 97.5 Å². The molecule has 0 aliphatic rings. The maximum absolute atomic E-state index is 13.0. The molecule has 89 heavy (non-hydrogen) atoms. The number of carbonyl (C=O) groups is 4. The molecule has 0 aromatic rings. The minimum absolute atomic E-state index is 0.103. The van der Waals surface area contributed by atoms with Crippen molar-refractivity contribution in [3.8, 4) is 0 Å². The van der Waals surface area contributed by atoms with Crippen LogP contribution in [0.4, 0.5) is 0 Å². The lowest BCUT2D eigenvalue weighted by molar-refractivity contribution is -0.161. The highest BCUT2D eigenvalue weighted by atomic mass is 31.2. The van der Waals surface area contributed by atoms with Crippen LogP contribution >= 0.6 is 15.6 Å². The average molecular weight is 1310 g/mol. The number of hydrogen-bond acceptors (Lipinski definition) is 15. The van der Waals surface area contributed by atoms with E-state index in [9.17, 15) is 43.2 Å². The van der Waals surface area contributed by atoms with Crippen LogP contribution in [0.3, 0.4) is 0 Å². The van der Waals surface area contributed by atoms with Crippen LogP contribution in [-0.4, -0.2) is 96.7 Å². The number of aliphatic hydroxyl groups is 1. The Kier molecular flexibility index (Phi) is 59.6. The van der Waals surface area contributed by atoms with Gasteiger partial charge in [-0.25, -0.2) is 9.13 Å². The van der Waals surface area contributed by atoms with Crippen molar-refractivity contribution >= 4 is 39.5 Å². The van der Waals surface area contributed by atoms with Crippen molar-refractivity contribution in [3.63, 3.8) is 0 Å². The summed E-state index contributed by atoms with van der Waals surface area (Å²) < 4.78 is 68.2. The van der Waals surface area contributed by atoms with Gasteiger partial charge in [-0.15, -0.1) is 0 Å². The van der Waals surface area contributed by atoms with Crippen molar-refractivity contribution in [2.75, 3.05) is 39.6 Å². The summed E-state index contributed by atoms with van der Waals surface area (Å²) in [5, 5.41) is 10.6. The summed E-state index contributed by atoms with van der Waals surface area (Å²) in [6.07, 6.45) is 44.5. The summed E-state index contributed by atoms with van der Waals surface area (Å²) in [6, 6.07) is 0. The first-order valence-corrected chi connectivity index (χ1v) is 39.4. The summed E-state index contributed by atoms with van der Waals surface area (Å²) >= 11 is 0. The quantitative estimate of drug-likeness (QED) is 0.0222. The number of unbranched alkanes of at least 4 members (excludes halogenated alkanes) is 35. The zero-order valence-electron chi connectivity index (χ0n) is 57.9. The molecule has 0 spiro atoms. The molecule has 0 aromatic heterocycles. The maximum Gasteiger partial charge on any atom is 0.472 e. The number of hydrogen-bond donors (Lipinski definition) is 3.